The van der Waals surface area contributed by atoms with Gasteiger partial charge >= 0.3 is 0 Å². The number of imide groups is 1. The Morgan fingerprint density at radius 3 is 2.21 bits per heavy atom. The minimum atomic E-state index is -0.380. The van der Waals surface area contributed by atoms with E-state index in [2.05, 4.69) is 15.5 Å². The number of carbonyl (C=O) groups excluding carboxylic acids is 2. The van der Waals surface area contributed by atoms with E-state index in [0.717, 1.165) is 22.6 Å². The van der Waals surface area contributed by atoms with E-state index in [0.29, 0.717) is 11.0 Å². The van der Waals surface area contributed by atoms with Gasteiger partial charge < -0.3 is 4.74 Å². The molecule has 0 spiro atoms. The minimum absolute atomic E-state index is 0.0358. The molecule has 7 nitrogen and oxygen atoms in total. The normalized spacial score (nSPS) is 10.6. The summed E-state index contributed by atoms with van der Waals surface area (Å²) < 4.78 is 7.13. The van der Waals surface area contributed by atoms with Crippen molar-refractivity contribution >= 4 is 23.6 Å². The van der Waals surface area contributed by atoms with Crippen LogP contribution in [0.1, 0.15) is 5.56 Å². The van der Waals surface area contributed by atoms with Crippen molar-refractivity contribution in [3.05, 3.63) is 90.5 Å². The van der Waals surface area contributed by atoms with Gasteiger partial charge in [0, 0.05) is 11.3 Å². The third kappa shape index (κ3) is 5.67. The molecule has 8 heteroatoms. The van der Waals surface area contributed by atoms with Gasteiger partial charge in [0.2, 0.25) is 11.8 Å². The van der Waals surface area contributed by atoms with Gasteiger partial charge in [-0.25, -0.2) is 0 Å². The zero-order chi connectivity index (χ0) is 23.0. The fourth-order valence-corrected chi connectivity index (χ4v) is 4.00. The third-order valence-corrected chi connectivity index (χ3v) is 5.74. The molecule has 0 radical (unpaired) electrons. The van der Waals surface area contributed by atoms with E-state index in [4.69, 9.17) is 4.74 Å². The van der Waals surface area contributed by atoms with Crippen LogP contribution >= 0.6 is 11.8 Å². The molecule has 1 aromatic heterocycles. The van der Waals surface area contributed by atoms with Gasteiger partial charge in [0.05, 0.1) is 19.3 Å². The molecule has 1 heterocycles. The summed E-state index contributed by atoms with van der Waals surface area (Å²) >= 11 is 1.22. The van der Waals surface area contributed by atoms with E-state index < -0.39 is 0 Å². The van der Waals surface area contributed by atoms with Gasteiger partial charge in [-0.1, -0.05) is 60.3 Å². The molecule has 0 unspecified atom stereocenters. The molecule has 33 heavy (non-hydrogen) atoms. The number of hydrogen-bond donors (Lipinski definition) is 1. The highest BCUT2D eigenvalue weighted by Gasteiger charge is 2.18. The molecule has 3 aromatic carbocycles. The van der Waals surface area contributed by atoms with Crippen LogP contribution in [0.3, 0.4) is 0 Å². The number of ether oxygens (including phenoxy) is 1. The lowest BCUT2D eigenvalue weighted by atomic mass is 10.1. The monoisotopic (exact) mass is 458 g/mol. The number of benzene rings is 3. The SMILES string of the molecule is COc1ccc(-c2nnc(SCC(=O)NC(=O)Cc3ccccc3)n2-c2ccccc2)cc1. The Labute approximate surface area is 195 Å². The highest BCUT2D eigenvalue weighted by Crippen LogP contribution is 2.28. The molecule has 0 aliphatic carbocycles. The summed E-state index contributed by atoms with van der Waals surface area (Å²) in [5.74, 6) is 0.710. The number of hydrogen-bond acceptors (Lipinski definition) is 6. The van der Waals surface area contributed by atoms with Gasteiger partial charge in [-0.2, -0.15) is 0 Å². The van der Waals surface area contributed by atoms with Crippen LogP contribution in [0, 0.1) is 0 Å². The molecule has 0 atom stereocenters. The molecule has 0 aliphatic heterocycles. The predicted molar refractivity (Wildman–Crippen MR) is 127 cm³/mol. The molecular formula is C25H22N4O3S. The lowest BCUT2D eigenvalue weighted by Crippen LogP contribution is -2.33. The Morgan fingerprint density at radius 2 is 1.55 bits per heavy atom. The van der Waals surface area contributed by atoms with E-state index in [-0.39, 0.29) is 24.0 Å². The molecule has 4 rings (SSSR count). The Morgan fingerprint density at radius 1 is 0.879 bits per heavy atom. The van der Waals surface area contributed by atoms with Crippen LogP contribution in [-0.2, 0) is 16.0 Å². The van der Waals surface area contributed by atoms with Crippen LogP contribution in [0.5, 0.6) is 5.75 Å². The summed E-state index contributed by atoms with van der Waals surface area (Å²) in [5, 5.41) is 11.7. The number of methoxy groups -OCH3 is 1. The number of carbonyl (C=O) groups is 2. The maximum absolute atomic E-state index is 12.4. The summed E-state index contributed by atoms with van der Waals surface area (Å²) in [4.78, 5) is 24.6. The second kappa shape index (κ2) is 10.6. The molecule has 0 aliphatic rings. The second-order valence-corrected chi connectivity index (χ2v) is 8.07. The largest absolute Gasteiger partial charge is 0.497 e. The van der Waals surface area contributed by atoms with Crippen molar-refractivity contribution in [1.29, 1.82) is 0 Å². The summed E-state index contributed by atoms with van der Waals surface area (Å²) in [6, 6.07) is 26.5. The van der Waals surface area contributed by atoms with Crippen LogP contribution in [-0.4, -0.2) is 39.4 Å². The summed E-state index contributed by atoms with van der Waals surface area (Å²) in [7, 11) is 1.62. The fourth-order valence-electron chi connectivity index (χ4n) is 3.25. The van der Waals surface area contributed by atoms with Crippen LogP contribution in [0.15, 0.2) is 90.1 Å². The zero-order valence-corrected chi connectivity index (χ0v) is 18.8. The summed E-state index contributed by atoms with van der Waals surface area (Å²) in [5.41, 5.74) is 2.58. The molecule has 0 bridgehead atoms. The molecule has 0 saturated carbocycles. The number of thioether (sulfide) groups is 1. The van der Waals surface area contributed by atoms with Crippen molar-refractivity contribution in [2.24, 2.45) is 0 Å². The molecule has 1 N–H and O–H groups in total. The average molecular weight is 459 g/mol. The molecular weight excluding hydrogens is 436 g/mol. The topological polar surface area (TPSA) is 86.1 Å². The van der Waals surface area contributed by atoms with E-state index in [9.17, 15) is 9.59 Å². The first kappa shape index (κ1) is 22.3. The van der Waals surface area contributed by atoms with Crippen molar-refractivity contribution in [2.75, 3.05) is 12.9 Å². The van der Waals surface area contributed by atoms with Crippen molar-refractivity contribution in [2.45, 2.75) is 11.6 Å². The smallest absolute Gasteiger partial charge is 0.237 e. The standard InChI is InChI=1S/C25H22N4O3S/c1-32-21-14-12-19(13-15-21)24-27-28-25(29(24)20-10-6-3-7-11-20)33-17-23(31)26-22(30)16-18-8-4-2-5-9-18/h2-15H,16-17H2,1H3,(H,26,30,31). The van der Waals surface area contributed by atoms with E-state index in [1.165, 1.54) is 11.8 Å². The number of nitrogens with zero attached hydrogens (tertiary/aromatic N) is 3. The molecule has 4 aromatic rings. The lowest BCUT2D eigenvalue weighted by Gasteiger charge is -2.10. The summed E-state index contributed by atoms with van der Waals surface area (Å²) in [6.45, 7) is 0. The number of amides is 2. The van der Waals surface area contributed by atoms with Gasteiger partial charge in [-0.3, -0.25) is 19.5 Å². The Kier molecular flexibility index (Phi) is 7.16. The van der Waals surface area contributed by atoms with Gasteiger partial charge in [0.15, 0.2) is 11.0 Å². The second-order valence-electron chi connectivity index (χ2n) is 7.13. The van der Waals surface area contributed by atoms with E-state index in [1.807, 2.05) is 89.5 Å². The predicted octanol–water partition coefficient (Wildman–Crippen LogP) is 3.92. The van der Waals surface area contributed by atoms with E-state index in [1.54, 1.807) is 7.11 Å². The first-order valence-corrected chi connectivity index (χ1v) is 11.3. The molecule has 0 saturated heterocycles. The molecule has 2 amide bonds. The van der Waals surface area contributed by atoms with Crippen LogP contribution in [0.4, 0.5) is 0 Å². The Balaban J connectivity index is 1.49. The Hall–Kier alpha value is -3.91. The minimum Gasteiger partial charge on any atom is -0.497 e. The number of rotatable bonds is 8. The van der Waals surface area contributed by atoms with Gasteiger partial charge in [0.1, 0.15) is 5.75 Å². The van der Waals surface area contributed by atoms with Crippen molar-refractivity contribution in [1.82, 2.24) is 20.1 Å². The number of nitrogens with one attached hydrogen (secondary N) is 1. The number of aromatic nitrogens is 3. The van der Waals surface area contributed by atoms with Crippen molar-refractivity contribution in [3.8, 4) is 22.8 Å². The van der Waals surface area contributed by atoms with Crippen molar-refractivity contribution < 1.29 is 14.3 Å². The zero-order valence-electron chi connectivity index (χ0n) is 18.0. The maximum atomic E-state index is 12.4. The highest BCUT2D eigenvalue weighted by atomic mass is 32.2. The van der Waals surface area contributed by atoms with Gasteiger partial charge in [-0.15, -0.1) is 10.2 Å². The number of para-hydroxylation sites is 1. The van der Waals surface area contributed by atoms with E-state index >= 15 is 0 Å². The Bertz CT molecular complexity index is 1230. The van der Waals surface area contributed by atoms with Gasteiger partial charge in [-0.05, 0) is 42.0 Å². The van der Waals surface area contributed by atoms with Gasteiger partial charge in [0.25, 0.3) is 0 Å². The lowest BCUT2D eigenvalue weighted by molar-refractivity contribution is -0.128. The van der Waals surface area contributed by atoms with Crippen molar-refractivity contribution in [3.63, 3.8) is 0 Å². The third-order valence-electron chi connectivity index (χ3n) is 4.81. The van der Waals surface area contributed by atoms with Crippen LogP contribution in [0.2, 0.25) is 0 Å². The fraction of sp³-hybridized carbons (Fsp3) is 0.120. The highest BCUT2D eigenvalue weighted by molar-refractivity contribution is 7.99. The van der Waals surface area contributed by atoms with Crippen LogP contribution < -0.4 is 10.1 Å². The first-order chi connectivity index (χ1) is 16.1. The summed E-state index contributed by atoms with van der Waals surface area (Å²) in [6.07, 6.45) is 0.152. The molecule has 166 valence electrons. The van der Waals surface area contributed by atoms with Crippen LogP contribution in [0.25, 0.3) is 17.1 Å². The maximum Gasteiger partial charge on any atom is 0.237 e. The molecule has 0 fully saturated rings. The quantitative estimate of drug-likeness (QED) is 0.403. The average Bonchev–Trinajstić information content (AvgIpc) is 3.28. The first-order valence-electron chi connectivity index (χ1n) is 10.3.